The lowest BCUT2D eigenvalue weighted by Crippen LogP contribution is -2.15. The van der Waals surface area contributed by atoms with Crippen molar-refractivity contribution in [2.24, 2.45) is 4.99 Å². The third-order valence-corrected chi connectivity index (χ3v) is 4.12. The summed E-state index contributed by atoms with van der Waals surface area (Å²) in [7, 11) is 4.03. The predicted molar refractivity (Wildman–Crippen MR) is 106 cm³/mol. The molecule has 0 saturated carbocycles. The van der Waals surface area contributed by atoms with Crippen molar-refractivity contribution in [3.8, 4) is 0 Å². The van der Waals surface area contributed by atoms with Crippen molar-refractivity contribution in [3.05, 3.63) is 65.2 Å². The highest BCUT2D eigenvalue weighted by molar-refractivity contribution is 6.30. The zero-order valence-electron chi connectivity index (χ0n) is 14.8. The Morgan fingerprint density at radius 2 is 1.88 bits per heavy atom. The summed E-state index contributed by atoms with van der Waals surface area (Å²) < 4.78 is 0. The van der Waals surface area contributed by atoms with Crippen LogP contribution in [0.25, 0.3) is 0 Å². The van der Waals surface area contributed by atoms with Crippen molar-refractivity contribution < 1.29 is 0 Å². The summed E-state index contributed by atoms with van der Waals surface area (Å²) in [6.07, 6.45) is 3.69. The maximum atomic E-state index is 6.11. The van der Waals surface area contributed by atoms with E-state index in [9.17, 15) is 0 Å². The maximum Gasteiger partial charge on any atom is 0.0912 e. The van der Waals surface area contributed by atoms with E-state index >= 15 is 0 Å². The third kappa shape index (κ3) is 4.39. The van der Waals surface area contributed by atoms with Gasteiger partial charge in [0.25, 0.3) is 0 Å². The van der Waals surface area contributed by atoms with Crippen LogP contribution in [0.2, 0.25) is 5.02 Å². The number of aryl methyl sites for hydroxylation is 2. The van der Waals surface area contributed by atoms with E-state index in [0.717, 1.165) is 34.2 Å². The minimum atomic E-state index is 0.736. The van der Waals surface area contributed by atoms with Crippen LogP contribution in [0.5, 0.6) is 0 Å². The van der Waals surface area contributed by atoms with Gasteiger partial charge in [0.05, 0.1) is 12.0 Å². The summed E-state index contributed by atoms with van der Waals surface area (Å²) in [6.45, 7) is 8.69. The second-order valence-electron chi connectivity index (χ2n) is 5.94. The molecule has 0 spiro atoms. The number of aliphatic imine (C=N–C) groups is 1. The largest absolute Gasteiger partial charge is 0.362 e. The number of nitrogens with zero attached hydrogens (tertiary/aromatic N) is 3. The van der Waals surface area contributed by atoms with Crippen molar-refractivity contribution in [1.29, 1.82) is 0 Å². The van der Waals surface area contributed by atoms with E-state index < -0.39 is 0 Å². The van der Waals surface area contributed by atoms with Gasteiger partial charge in [0, 0.05) is 37.0 Å². The number of anilines is 2. The lowest BCUT2D eigenvalue weighted by Gasteiger charge is -2.23. The fourth-order valence-corrected chi connectivity index (χ4v) is 2.71. The average molecular weight is 342 g/mol. The Balaban J connectivity index is 2.31. The van der Waals surface area contributed by atoms with E-state index in [2.05, 4.69) is 48.5 Å². The van der Waals surface area contributed by atoms with Crippen LogP contribution in [-0.2, 0) is 0 Å². The zero-order valence-corrected chi connectivity index (χ0v) is 15.5. The fourth-order valence-electron chi connectivity index (χ4n) is 2.52. The van der Waals surface area contributed by atoms with Crippen molar-refractivity contribution in [1.82, 2.24) is 4.90 Å². The molecule has 2 rings (SSSR count). The first-order chi connectivity index (χ1) is 11.4. The van der Waals surface area contributed by atoms with Gasteiger partial charge in [0.1, 0.15) is 0 Å². The summed E-state index contributed by atoms with van der Waals surface area (Å²) in [5, 5.41) is 0.736. The van der Waals surface area contributed by atoms with Crippen LogP contribution in [0.15, 0.2) is 54.0 Å². The fraction of sp³-hybridized carbons (Fsp3) is 0.250. The maximum absolute atomic E-state index is 6.11. The van der Waals surface area contributed by atoms with E-state index in [-0.39, 0.29) is 0 Å². The molecule has 0 N–H and O–H groups in total. The Bertz CT molecular complexity index is 753. The van der Waals surface area contributed by atoms with Gasteiger partial charge in [-0.05, 0) is 55.3 Å². The highest BCUT2D eigenvalue weighted by atomic mass is 35.5. The minimum absolute atomic E-state index is 0.736. The Kier molecular flexibility index (Phi) is 6.04. The molecule has 2 aromatic carbocycles. The van der Waals surface area contributed by atoms with Gasteiger partial charge in [0.15, 0.2) is 0 Å². The van der Waals surface area contributed by atoms with Gasteiger partial charge in [-0.1, -0.05) is 23.7 Å². The van der Waals surface area contributed by atoms with Crippen LogP contribution in [0, 0.1) is 13.8 Å². The Morgan fingerprint density at radius 3 is 2.54 bits per heavy atom. The molecule has 0 aliphatic carbocycles. The predicted octanol–water partition coefficient (Wildman–Crippen LogP) is 5.50. The highest BCUT2D eigenvalue weighted by Crippen LogP contribution is 2.33. The first kappa shape index (κ1) is 18.1. The van der Waals surface area contributed by atoms with Crippen LogP contribution in [0.3, 0.4) is 0 Å². The number of rotatable bonds is 6. The normalized spacial score (nSPS) is 10.9. The topological polar surface area (TPSA) is 18.8 Å². The number of hydrogen-bond donors (Lipinski definition) is 0. The molecule has 0 bridgehead atoms. The quantitative estimate of drug-likeness (QED) is 0.392. The molecule has 0 aromatic heterocycles. The standard InChI is InChI=1S/C20H24ClN3/c1-6-10-23(4)14-22-19-11-16(3)20(12-15(19)2)24(5)18-9-7-8-17(21)13-18/h6-9,11-14H,1,10H2,2-5H3. The number of hydrogen-bond acceptors (Lipinski definition) is 2. The summed E-state index contributed by atoms with van der Waals surface area (Å²) >= 11 is 6.11. The molecule has 2 aromatic rings. The first-order valence-electron chi connectivity index (χ1n) is 7.88. The number of benzene rings is 2. The van der Waals surface area contributed by atoms with E-state index in [0.29, 0.717) is 0 Å². The monoisotopic (exact) mass is 341 g/mol. The van der Waals surface area contributed by atoms with E-state index in [4.69, 9.17) is 11.6 Å². The van der Waals surface area contributed by atoms with Crippen molar-refractivity contribution in [2.45, 2.75) is 13.8 Å². The molecule has 3 nitrogen and oxygen atoms in total. The second-order valence-corrected chi connectivity index (χ2v) is 6.37. The van der Waals surface area contributed by atoms with Crippen molar-refractivity contribution in [2.75, 3.05) is 25.5 Å². The molecule has 0 radical (unpaired) electrons. The molecule has 0 unspecified atom stereocenters. The molecule has 0 amide bonds. The van der Waals surface area contributed by atoms with Crippen LogP contribution in [-0.4, -0.2) is 31.9 Å². The number of halogens is 1. The van der Waals surface area contributed by atoms with Crippen molar-refractivity contribution in [3.63, 3.8) is 0 Å². The molecule has 0 heterocycles. The molecule has 0 saturated heterocycles. The molecule has 0 atom stereocenters. The lowest BCUT2D eigenvalue weighted by atomic mass is 10.1. The van der Waals surface area contributed by atoms with Gasteiger partial charge < -0.3 is 9.80 Å². The van der Waals surface area contributed by atoms with Gasteiger partial charge in [-0.15, -0.1) is 6.58 Å². The van der Waals surface area contributed by atoms with E-state index in [1.165, 1.54) is 5.56 Å². The number of likely N-dealkylation sites (N-methyl/N-ethyl adjacent to an activating group) is 1. The van der Waals surface area contributed by atoms with Gasteiger partial charge in [-0.3, -0.25) is 0 Å². The second kappa shape index (κ2) is 8.02. The van der Waals surface area contributed by atoms with Crippen LogP contribution in [0.4, 0.5) is 17.1 Å². The van der Waals surface area contributed by atoms with Gasteiger partial charge in [-0.25, -0.2) is 4.99 Å². The SMILES string of the molecule is C=CCN(C)C=Nc1cc(C)c(N(C)c2cccc(Cl)c2)cc1C. The highest BCUT2D eigenvalue weighted by Gasteiger charge is 2.10. The summed E-state index contributed by atoms with van der Waals surface area (Å²) in [5.74, 6) is 0. The zero-order chi connectivity index (χ0) is 17.7. The van der Waals surface area contributed by atoms with Crippen LogP contribution in [0.1, 0.15) is 11.1 Å². The molecule has 24 heavy (non-hydrogen) atoms. The molecule has 0 fully saturated rings. The summed E-state index contributed by atoms with van der Waals surface area (Å²) in [6, 6.07) is 12.1. The van der Waals surface area contributed by atoms with Crippen molar-refractivity contribution >= 4 is 35.0 Å². The Morgan fingerprint density at radius 1 is 1.12 bits per heavy atom. The molecular formula is C20H24ClN3. The molecule has 0 aliphatic heterocycles. The van der Waals surface area contributed by atoms with Gasteiger partial charge in [0.2, 0.25) is 0 Å². The minimum Gasteiger partial charge on any atom is -0.362 e. The third-order valence-electron chi connectivity index (χ3n) is 3.88. The van der Waals surface area contributed by atoms with Gasteiger partial charge in [-0.2, -0.15) is 0 Å². The van der Waals surface area contributed by atoms with E-state index in [1.807, 2.05) is 49.6 Å². The first-order valence-corrected chi connectivity index (χ1v) is 8.26. The summed E-state index contributed by atoms with van der Waals surface area (Å²) in [5.41, 5.74) is 5.49. The molecule has 126 valence electrons. The lowest BCUT2D eigenvalue weighted by molar-refractivity contribution is 0.582. The Hall–Kier alpha value is -2.26. The van der Waals surface area contributed by atoms with Crippen LogP contribution >= 0.6 is 11.6 Å². The molecule has 0 aliphatic rings. The van der Waals surface area contributed by atoms with E-state index in [1.54, 1.807) is 0 Å². The summed E-state index contributed by atoms with van der Waals surface area (Å²) in [4.78, 5) is 8.72. The van der Waals surface area contributed by atoms with Crippen LogP contribution < -0.4 is 4.90 Å². The smallest absolute Gasteiger partial charge is 0.0912 e. The van der Waals surface area contributed by atoms with Gasteiger partial charge >= 0.3 is 0 Å². The molecule has 4 heteroatoms. The Labute approximate surface area is 149 Å². The average Bonchev–Trinajstić information content (AvgIpc) is 2.55. The molecular weight excluding hydrogens is 318 g/mol.